The molecule has 0 aliphatic rings. The summed E-state index contributed by atoms with van der Waals surface area (Å²) in [7, 11) is 0. The Hall–Kier alpha value is -2.74. The molecule has 0 aliphatic heterocycles. The van der Waals surface area contributed by atoms with Crippen LogP contribution in [0.4, 0.5) is 0 Å². The summed E-state index contributed by atoms with van der Waals surface area (Å²) in [5.41, 5.74) is 0. The van der Waals surface area contributed by atoms with Gasteiger partial charge in [-0.1, -0.05) is 151 Å². The lowest BCUT2D eigenvalue weighted by Crippen LogP contribution is -2.28. The first-order valence-electron chi connectivity index (χ1n) is 18.1. The molecule has 0 aromatic heterocycles. The fourth-order valence-corrected chi connectivity index (χ4v) is 4.58. The largest absolute Gasteiger partial charge is 0.462 e. The van der Waals surface area contributed by atoms with E-state index in [9.17, 15) is 24.9 Å². The van der Waals surface area contributed by atoms with E-state index < -0.39 is 30.9 Å². The maximum Gasteiger partial charge on any atom is 0.306 e. The molecule has 7 heteroatoms. The zero-order chi connectivity index (χ0) is 34.8. The van der Waals surface area contributed by atoms with E-state index in [1.807, 2.05) is 48.6 Å². The zero-order valence-corrected chi connectivity index (χ0v) is 29.6. The maximum atomic E-state index is 12.1. The molecule has 47 heavy (non-hydrogen) atoms. The van der Waals surface area contributed by atoms with Gasteiger partial charge in [0.15, 0.2) is 6.10 Å². The lowest BCUT2D eigenvalue weighted by Gasteiger charge is -2.15. The van der Waals surface area contributed by atoms with Gasteiger partial charge in [-0.25, -0.2) is 0 Å². The van der Waals surface area contributed by atoms with E-state index in [0.29, 0.717) is 32.1 Å². The van der Waals surface area contributed by atoms with E-state index in [1.165, 1.54) is 44.9 Å². The summed E-state index contributed by atoms with van der Waals surface area (Å²) >= 11 is 0. The van der Waals surface area contributed by atoms with Gasteiger partial charge in [0, 0.05) is 12.8 Å². The van der Waals surface area contributed by atoms with Crippen molar-refractivity contribution in [2.75, 3.05) is 13.2 Å². The number of aliphatic hydroxyl groups is 3. The highest BCUT2D eigenvalue weighted by Gasteiger charge is 2.15. The molecule has 0 aromatic rings. The molecule has 0 saturated carbocycles. The van der Waals surface area contributed by atoms with Gasteiger partial charge >= 0.3 is 11.9 Å². The molecule has 0 spiro atoms. The number of allylic oxidation sites excluding steroid dienone is 8. The fourth-order valence-electron chi connectivity index (χ4n) is 4.58. The number of esters is 2. The minimum atomic E-state index is -0.850. The number of hydrogen-bond donors (Lipinski definition) is 3. The minimum absolute atomic E-state index is 0.131. The molecule has 0 radical (unpaired) electrons. The van der Waals surface area contributed by atoms with Crippen LogP contribution in [0.25, 0.3) is 0 Å². The molecule has 0 bridgehead atoms. The first-order chi connectivity index (χ1) is 22.8. The standard InChI is InChI=1S/C40H66O7/c1-4-5-19-27-36(42)29-22-17-18-23-30-37(43)28-21-14-11-12-16-25-32-40(45)47-38(33-41)34-46-39(44)31-24-15-10-8-6-7-9-13-20-26-35(2)3/h5,12,14,16-19,21-23,29-30,35-38,41-43H,4,6-11,13,15,20,24-28,31-34H2,1-3H3/b16-12-,18-17-,19-5-,21-14-,29-22+,30-23+/t36-,37+,38-/m0/s1. The molecular weight excluding hydrogens is 592 g/mol. The third-order valence-electron chi connectivity index (χ3n) is 7.37. The van der Waals surface area contributed by atoms with Crippen molar-refractivity contribution in [1.29, 1.82) is 0 Å². The summed E-state index contributed by atoms with van der Waals surface area (Å²) in [6.07, 6.45) is 36.1. The number of carbonyl (C=O) groups excluding carboxylic acids is 2. The molecule has 0 heterocycles. The summed E-state index contributed by atoms with van der Waals surface area (Å²) in [5.74, 6) is 0.0349. The second-order valence-corrected chi connectivity index (χ2v) is 12.4. The second kappa shape index (κ2) is 33.2. The summed E-state index contributed by atoms with van der Waals surface area (Å²) in [6.45, 7) is 6.08. The van der Waals surface area contributed by atoms with Gasteiger partial charge < -0.3 is 24.8 Å². The Morgan fingerprint density at radius 1 is 0.660 bits per heavy atom. The average Bonchev–Trinajstić information content (AvgIpc) is 3.04. The molecule has 0 aromatic carbocycles. The van der Waals surface area contributed by atoms with Gasteiger partial charge in [-0.15, -0.1) is 0 Å². The van der Waals surface area contributed by atoms with Gasteiger partial charge in [-0.05, 0) is 44.4 Å². The number of unbranched alkanes of at least 4 members (excludes halogenated alkanes) is 8. The highest BCUT2D eigenvalue weighted by Crippen LogP contribution is 2.14. The van der Waals surface area contributed by atoms with E-state index in [-0.39, 0.29) is 19.0 Å². The lowest BCUT2D eigenvalue weighted by atomic mass is 10.0. The topological polar surface area (TPSA) is 113 Å². The summed E-state index contributed by atoms with van der Waals surface area (Å²) in [5, 5.41) is 29.3. The maximum absolute atomic E-state index is 12.1. The first-order valence-corrected chi connectivity index (χ1v) is 18.1. The van der Waals surface area contributed by atoms with Crippen molar-refractivity contribution >= 4 is 11.9 Å². The van der Waals surface area contributed by atoms with Gasteiger partial charge in [0.05, 0.1) is 18.8 Å². The molecule has 0 aliphatic carbocycles. The van der Waals surface area contributed by atoms with E-state index >= 15 is 0 Å². The molecule has 0 amide bonds. The van der Waals surface area contributed by atoms with E-state index in [0.717, 1.165) is 31.6 Å². The van der Waals surface area contributed by atoms with Crippen molar-refractivity contribution in [2.45, 2.75) is 148 Å². The SMILES string of the molecule is CC/C=C\C[C@H](O)/C=C/C=C\C=C\[C@H](O)C/C=C\C/C=C\CCC(=O)O[C@@H](CO)COC(=O)CCCCCCCCCCCC(C)C. The molecule has 268 valence electrons. The smallest absolute Gasteiger partial charge is 0.306 e. The molecule has 0 fully saturated rings. The first kappa shape index (κ1) is 44.3. The molecule has 3 N–H and O–H groups in total. The number of carbonyl (C=O) groups is 2. The second-order valence-electron chi connectivity index (χ2n) is 12.4. The highest BCUT2D eigenvalue weighted by molar-refractivity contribution is 5.70. The van der Waals surface area contributed by atoms with Gasteiger partial charge in [0.25, 0.3) is 0 Å². The molecule has 7 nitrogen and oxygen atoms in total. The minimum Gasteiger partial charge on any atom is -0.462 e. The van der Waals surface area contributed by atoms with Crippen LogP contribution in [0.2, 0.25) is 0 Å². The highest BCUT2D eigenvalue weighted by atomic mass is 16.6. The quantitative estimate of drug-likeness (QED) is 0.0306. The van der Waals surface area contributed by atoms with E-state index in [1.54, 1.807) is 24.3 Å². The van der Waals surface area contributed by atoms with Crippen molar-refractivity contribution < 1.29 is 34.4 Å². The normalized spacial score (nSPS) is 14.5. The average molecular weight is 659 g/mol. The Labute approximate surface area is 286 Å². The van der Waals surface area contributed by atoms with Crippen LogP contribution in [0.15, 0.2) is 72.9 Å². The van der Waals surface area contributed by atoms with Gasteiger partial charge in [-0.3, -0.25) is 9.59 Å². The monoisotopic (exact) mass is 658 g/mol. The molecular formula is C40H66O7. The Kier molecular flexibility index (Phi) is 31.2. The van der Waals surface area contributed by atoms with Crippen LogP contribution in [0.5, 0.6) is 0 Å². The Balaban J connectivity index is 3.90. The third kappa shape index (κ3) is 33.0. The Morgan fingerprint density at radius 2 is 1.21 bits per heavy atom. The van der Waals surface area contributed by atoms with Crippen molar-refractivity contribution in [2.24, 2.45) is 5.92 Å². The van der Waals surface area contributed by atoms with Crippen LogP contribution in [0, 0.1) is 5.92 Å². The predicted molar refractivity (Wildman–Crippen MR) is 194 cm³/mol. The van der Waals surface area contributed by atoms with Gasteiger partial charge in [-0.2, -0.15) is 0 Å². The van der Waals surface area contributed by atoms with Crippen molar-refractivity contribution in [3.05, 3.63) is 72.9 Å². The number of ether oxygens (including phenoxy) is 2. The summed E-state index contributed by atoms with van der Waals surface area (Å²) < 4.78 is 10.5. The molecule has 0 unspecified atom stereocenters. The van der Waals surface area contributed by atoms with Crippen LogP contribution in [-0.2, 0) is 19.1 Å². The van der Waals surface area contributed by atoms with E-state index in [4.69, 9.17) is 9.47 Å². The van der Waals surface area contributed by atoms with Crippen LogP contribution in [0.1, 0.15) is 130 Å². The molecule has 0 rings (SSSR count). The third-order valence-corrected chi connectivity index (χ3v) is 7.37. The van der Waals surface area contributed by atoms with Gasteiger partial charge in [0.1, 0.15) is 6.61 Å². The molecule has 0 saturated heterocycles. The Morgan fingerprint density at radius 3 is 1.79 bits per heavy atom. The number of hydrogen-bond acceptors (Lipinski definition) is 7. The Bertz CT molecular complexity index is 929. The lowest BCUT2D eigenvalue weighted by molar-refractivity contribution is -0.161. The predicted octanol–water partition coefficient (Wildman–Crippen LogP) is 8.80. The van der Waals surface area contributed by atoms with Crippen molar-refractivity contribution in [1.82, 2.24) is 0 Å². The van der Waals surface area contributed by atoms with Crippen LogP contribution in [-0.4, -0.2) is 58.8 Å². The summed E-state index contributed by atoms with van der Waals surface area (Å²) in [6, 6.07) is 0. The van der Waals surface area contributed by atoms with Crippen molar-refractivity contribution in [3.8, 4) is 0 Å². The van der Waals surface area contributed by atoms with Crippen LogP contribution in [0.3, 0.4) is 0 Å². The number of aliphatic hydroxyl groups excluding tert-OH is 3. The van der Waals surface area contributed by atoms with Crippen LogP contribution >= 0.6 is 0 Å². The zero-order valence-electron chi connectivity index (χ0n) is 29.6. The van der Waals surface area contributed by atoms with E-state index in [2.05, 4.69) is 20.8 Å². The number of rotatable bonds is 30. The van der Waals surface area contributed by atoms with Crippen LogP contribution < -0.4 is 0 Å². The van der Waals surface area contributed by atoms with Crippen molar-refractivity contribution in [3.63, 3.8) is 0 Å². The van der Waals surface area contributed by atoms with Gasteiger partial charge in [0.2, 0.25) is 0 Å². The fraction of sp³-hybridized carbons (Fsp3) is 0.650. The molecule has 3 atom stereocenters. The summed E-state index contributed by atoms with van der Waals surface area (Å²) in [4.78, 5) is 24.1.